The van der Waals surface area contributed by atoms with Gasteiger partial charge in [0.2, 0.25) is 0 Å². The minimum atomic E-state index is -1.03. The molecule has 0 aliphatic rings. The molecule has 16 heavy (non-hydrogen) atoms. The van der Waals surface area contributed by atoms with E-state index in [1.165, 1.54) is 5.56 Å². The molecule has 0 fully saturated rings. The van der Waals surface area contributed by atoms with Gasteiger partial charge < -0.3 is 10.5 Å². The van der Waals surface area contributed by atoms with Crippen LogP contribution in [0.2, 0.25) is 0 Å². The Bertz CT molecular complexity index is 337. The molecule has 0 saturated carbocycles. The van der Waals surface area contributed by atoms with Crippen LogP contribution in [-0.2, 0) is 15.5 Å². The Hall–Kier alpha value is -0.710. The summed E-state index contributed by atoms with van der Waals surface area (Å²) in [6, 6.07) is 7.71. The van der Waals surface area contributed by atoms with Crippen molar-refractivity contribution in [2.24, 2.45) is 5.73 Å². The molecule has 2 unspecified atom stereocenters. The molecule has 90 valence electrons. The summed E-state index contributed by atoms with van der Waals surface area (Å²) in [6.07, 6.45) is -0.118. The van der Waals surface area contributed by atoms with Crippen molar-refractivity contribution in [2.75, 3.05) is 18.9 Å². The Labute approximate surface area is 99.4 Å². The van der Waals surface area contributed by atoms with Crippen LogP contribution in [0.25, 0.3) is 0 Å². The first-order chi connectivity index (χ1) is 7.67. The van der Waals surface area contributed by atoms with Crippen LogP contribution in [0.5, 0.6) is 0 Å². The summed E-state index contributed by atoms with van der Waals surface area (Å²) in [7, 11) is -1.03. The summed E-state index contributed by atoms with van der Waals surface area (Å²) >= 11 is 0. The van der Waals surface area contributed by atoms with Gasteiger partial charge in [-0.2, -0.15) is 0 Å². The zero-order valence-corrected chi connectivity index (χ0v) is 10.6. The van der Waals surface area contributed by atoms with Gasteiger partial charge in [-0.25, -0.2) is 0 Å². The third-order valence-corrected chi connectivity index (χ3v) is 3.76. The van der Waals surface area contributed by atoms with Crippen LogP contribution in [0.3, 0.4) is 0 Å². The minimum absolute atomic E-state index is 0.118. The summed E-state index contributed by atoms with van der Waals surface area (Å²) in [5.41, 5.74) is 6.72. The van der Waals surface area contributed by atoms with Crippen LogP contribution in [0.1, 0.15) is 12.5 Å². The van der Waals surface area contributed by atoms with Crippen molar-refractivity contribution in [1.29, 1.82) is 0 Å². The highest BCUT2D eigenvalue weighted by Crippen LogP contribution is 2.10. The molecule has 0 heterocycles. The Morgan fingerprint density at radius 2 is 2.00 bits per heavy atom. The van der Waals surface area contributed by atoms with Crippen LogP contribution < -0.4 is 5.73 Å². The van der Waals surface area contributed by atoms with E-state index in [9.17, 15) is 4.21 Å². The van der Waals surface area contributed by atoms with E-state index in [-0.39, 0.29) is 6.10 Å². The second kappa shape index (κ2) is 6.78. The lowest BCUT2D eigenvalue weighted by atomic mass is 10.2. The molecule has 1 aromatic rings. The second-order valence-electron chi connectivity index (χ2n) is 3.64. The lowest BCUT2D eigenvalue weighted by molar-refractivity contribution is 0.0852. The normalized spacial score (nSPS) is 14.7. The molecule has 0 spiro atoms. The maximum atomic E-state index is 12.0. The molecule has 0 aliphatic carbocycles. The highest BCUT2D eigenvalue weighted by atomic mass is 32.2. The standard InChI is InChI=1S/C12H19NO2S/c1-3-15-11(8-13)9-16(14)12-6-4-10(2)5-7-12/h4-7,11H,3,8-9,13H2,1-2H3. The van der Waals surface area contributed by atoms with Crippen LogP contribution in [0.15, 0.2) is 29.2 Å². The largest absolute Gasteiger partial charge is 0.376 e. The lowest BCUT2D eigenvalue weighted by Crippen LogP contribution is -2.29. The molecule has 0 amide bonds. The van der Waals surface area contributed by atoms with E-state index in [0.29, 0.717) is 18.9 Å². The average Bonchev–Trinajstić information content (AvgIpc) is 2.29. The lowest BCUT2D eigenvalue weighted by Gasteiger charge is -2.14. The molecule has 1 rings (SSSR count). The van der Waals surface area contributed by atoms with Gasteiger partial charge in [-0.05, 0) is 26.0 Å². The highest BCUT2D eigenvalue weighted by molar-refractivity contribution is 7.85. The topological polar surface area (TPSA) is 52.3 Å². The fraction of sp³-hybridized carbons (Fsp3) is 0.500. The van der Waals surface area contributed by atoms with Crippen LogP contribution in [-0.4, -0.2) is 29.2 Å². The predicted octanol–water partition coefficient (Wildman–Crippen LogP) is 1.47. The quantitative estimate of drug-likeness (QED) is 0.820. The summed E-state index contributed by atoms with van der Waals surface area (Å²) in [5.74, 6) is 0.466. The zero-order chi connectivity index (χ0) is 12.0. The molecule has 2 atom stereocenters. The van der Waals surface area contributed by atoms with E-state index < -0.39 is 10.8 Å². The Balaban J connectivity index is 2.60. The number of nitrogens with two attached hydrogens (primary N) is 1. The smallest absolute Gasteiger partial charge is 0.0815 e. The molecule has 0 bridgehead atoms. The SMILES string of the molecule is CCOC(CN)CS(=O)c1ccc(C)cc1. The Morgan fingerprint density at radius 1 is 1.38 bits per heavy atom. The van der Waals surface area contributed by atoms with E-state index >= 15 is 0 Å². The van der Waals surface area contributed by atoms with E-state index in [2.05, 4.69) is 0 Å². The third-order valence-electron chi connectivity index (χ3n) is 2.29. The Morgan fingerprint density at radius 3 is 2.50 bits per heavy atom. The van der Waals surface area contributed by atoms with E-state index in [4.69, 9.17) is 10.5 Å². The zero-order valence-electron chi connectivity index (χ0n) is 9.81. The molecular weight excluding hydrogens is 222 g/mol. The monoisotopic (exact) mass is 241 g/mol. The van der Waals surface area contributed by atoms with Crippen molar-refractivity contribution in [3.8, 4) is 0 Å². The van der Waals surface area contributed by atoms with Crippen LogP contribution in [0, 0.1) is 6.92 Å². The first-order valence-electron chi connectivity index (χ1n) is 5.44. The van der Waals surface area contributed by atoms with Crippen molar-refractivity contribution in [2.45, 2.75) is 24.8 Å². The highest BCUT2D eigenvalue weighted by Gasteiger charge is 2.12. The number of rotatable bonds is 6. The maximum absolute atomic E-state index is 12.0. The van der Waals surface area contributed by atoms with Gasteiger partial charge in [-0.15, -0.1) is 0 Å². The van der Waals surface area contributed by atoms with E-state index in [0.717, 1.165) is 4.90 Å². The molecule has 3 nitrogen and oxygen atoms in total. The summed E-state index contributed by atoms with van der Waals surface area (Å²) in [4.78, 5) is 0.837. The molecule has 0 saturated heterocycles. The summed E-state index contributed by atoms with van der Waals surface area (Å²) < 4.78 is 17.4. The van der Waals surface area contributed by atoms with Crippen LogP contribution >= 0.6 is 0 Å². The second-order valence-corrected chi connectivity index (χ2v) is 5.13. The first-order valence-corrected chi connectivity index (χ1v) is 6.76. The van der Waals surface area contributed by atoms with Gasteiger partial charge in [0.15, 0.2) is 0 Å². The summed E-state index contributed by atoms with van der Waals surface area (Å²) in [5, 5.41) is 0. The average molecular weight is 241 g/mol. The molecule has 4 heteroatoms. The van der Waals surface area contributed by atoms with E-state index in [1.807, 2.05) is 38.1 Å². The van der Waals surface area contributed by atoms with Crippen molar-refractivity contribution < 1.29 is 8.95 Å². The van der Waals surface area contributed by atoms with Gasteiger partial charge in [0.05, 0.1) is 22.7 Å². The number of ether oxygens (including phenoxy) is 1. The number of hydrogen-bond acceptors (Lipinski definition) is 3. The number of hydrogen-bond donors (Lipinski definition) is 1. The molecule has 2 N–H and O–H groups in total. The first kappa shape index (κ1) is 13.4. The molecule has 1 aromatic carbocycles. The van der Waals surface area contributed by atoms with Gasteiger partial charge >= 0.3 is 0 Å². The minimum Gasteiger partial charge on any atom is -0.376 e. The molecule has 0 aromatic heterocycles. The van der Waals surface area contributed by atoms with Gasteiger partial charge in [0.25, 0.3) is 0 Å². The van der Waals surface area contributed by atoms with Gasteiger partial charge in [-0.1, -0.05) is 17.7 Å². The van der Waals surface area contributed by atoms with Gasteiger partial charge in [0.1, 0.15) is 0 Å². The van der Waals surface area contributed by atoms with Crippen molar-refractivity contribution >= 4 is 10.8 Å². The number of aryl methyl sites for hydroxylation is 1. The molecular formula is C12H19NO2S. The van der Waals surface area contributed by atoms with E-state index in [1.54, 1.807) is 0 Å². The fourth-order valence-corrected chi connectivity index (χ4v) is 2.58. The molecule has 0 radical (unpaired) electrons. The molecule has 0 aliphatic heterocycles. The van der Waals surface area contributed by atoms with Crippen molar-refractivity contribution in [3.05, 3.63) is 29.8 Å². The van der Waals surface area contributed by atoms with Crippen molar-refractivity contribution in [1.82, 2.24) is 0 Å². The van der Waals surface area contributed by atoms with Crippen LogP contribution in [0.4, 0.5) is 0 Å². The fourth-order valence-electron chi connectivity index (χ4n) is 1.38. The number of benzene rings is 1. The third kappa shape index (κ3) is 4.04. The Kier molecular flexibility index (Phi) is 5.66. The van der Waals surface area contributed by atoms with Crippen molar-refractivity contribution in [3.63, 3.8) is 0 Å². The van der Waals surface area contributed by atoms with Gasteiger partial charge in [0, 0.05) is 18.0 Å². The maximum Gasteiger partial charge on any atom is 0.0815 e. The predicted molar refractivity (Wildman–Crippen MR) is 66.9 cm³/mol. The van der Waals surface area contributed by atoms with Gasteiger partial charge in [-0.3, -0.25) is 4.21 Å². The summed E-state index contributed by atoms with van der Waals surface area (Å²) in [6.45, 7) is 4.94.